The average molecular weight is 653 g/mol. The van der Waals surface area contributed by atoms with Crippen molar-refractivity contribution in [2.24, 2.45) is 17.6 Å². The van der Waals surface area contributed by atoms with Crippen molar-refractivity contribution in [1.82, 2.24) is 9.80 Å². The maximum absolute atomic E-state index is 14.3. The van der Waals surface area contributed by atoms with Crippen molar-refractivity contribution < 1.29 is 39.7 Å². The molecule has 8 N–H and O–H groups in total. The number of carbonyl (C=O) groups is 3. The van der Waals surface area contributed by atoms with Gasteiger partial charge in [-0.3, -0.25) is 29.4 Å². The first-order valence-electron chi connectivity index (χ1n) is 14.0. The van der Waals surface area contributed by atoms with E-state index in [1.54, 1.807) is 25.1 Å². The third-order valence-corrected chi connectivity index (χ3v) is 9.05. The van der Waals surface area contributed by atoms with Crippen molar-refractivity contribution in [2.45, 2.75) is 24.1 Å². The van der Waals surface area contributed by atoms with Gasteiger partial charge in [0, 0.05) is 41.3 Å². The number of nitro benzene ring substituents is 1. The van der Waals surface area contributed by atoms with Gasteiger partial charge >= 0.3 is 0 Å². The summed E-state index contributed by atoms with van der Waals surface area (Å²) in [6.45, 7) is 0. The molecule has 1 saturated carbocycles. The Kier molecular flexibility index (Phi) is 8.10. The highest BCUT2D eigenvalue weighted by Crippen LogP contribution is 2.57. The zero-order valence-corrected chi connectivity index (χ0v) is 26.0. The van der Waals surface area contributed by atoms with E-state index in [9.17, 15) is 44.9 Å². The van der Waals surface area contributed by atoms with E-state index in [0.717, 1.165) is 0 Å². The summed E-state index contributed by atoms with van der Waals surface area (Å²) in [5, 5.41) is 62.6. The van der Waals surface area contributed by atoms with E-state index in [2.05, 4.69) is 10.6 Å². The lowest BCUT2D eigenvalue weighted by molar-refractivity contribution is -0.384. The molecule has 5 rings (SSSR count). The summed E-state index contributed by atoms with van der Waals surface area (Å²) in [5.74, 6) is -7.62. The monoisotopic (exact) mass is 652 g/mol. The molecule has 3 aliphatic rings. The molecule has 16 heteroatoms. The van der Waals surface area contributed by atoms with Crippen molar-refractivity contribution in [3.63, 3.8) is 0 Å². The Labute approximate surface area is 267 Å². The highest BCUT2D eigenvalue weighted by molar-refractivity contribution is 7.80. The second kappa shape index (κ2) is 11.5. The average Bonchev–Trinajstić information content (AvgIpc) is 2.96. The van der Waals surface area contributed by atoms with Crippen LogP contribution in [-0.2, 0) is 14.4 Å². The number of fused-ring (bicyclic) bond motifs is 3. The number of carbonyl (C=O) groups excluding carboxylic acids is 3. The molecule has 0 aromatic heterocycles. The van der Waals surface area contributed by atoms with Gasteiger partial charge in [-0.1, -0.05) is 6.07 Å². The summed E-state index contributed by atoms with van der Waals surface area (Å²) in [6, 6.07) is 6.75. The van der Waals surface area contributed by atoms with Crippen LogP contribution in [0.5, 0.6) is 5.75 Å². The molecule has 2 aromatic rings. The summed E-state index contributed by atoms with van der Waals surface area (Å²) in [7, 11) is 6.52. The zero-order chi connectivity index (χ0) is 34.0. The third-order valence-electron chi connectivity index (χ3n) is 8.85. The van der Waals surface area contributed by atoms with Gasteiger partial charge in [-0.25, -0.2) is 0 Å². The molecule has 1 fully saturated rings. The number of ketones is 2. The lowest BCUT2D eigenvalue weighted by atomic mass is 9.56. The fourth-order valence-corrected chi connectivity index (χ4v) is 7.16. The topological polar surface area (TPSA) is 232 Å². The molecule has 0 heterocycles. The molecule has 3 aliphatic carbocycles. The highest BCUT2D eigenvalue weighted by Gasteiger charge is 2.65. The van der Waals surface area contributed by atoms with Crippen molar-refractivity contribution in [1.29, 1.82) is 0 Å². The molecule has 0 spiro atoms. The Morgan fingerprint density at radius 3 is 2.17 bits per heavy atom. The molecule has 3 unspecified atom stereocenters. The molecule has 46 heavy (non-hydrogen) atoms. The van der Waals surface area contributed by atoms with Crippen LogP contribution in [0.1, 0.15) is 23.6 Å². The van der Waals surface area contributed by atoms with E-state index >= 15 is 0 Å². The number of amides is 1. The van der Waals surface area contributed by atoms with E-state index in [-0.39, 0.29) is 34.0 Å². The summed E-state index contributed by atoms with van der Waals surface area (Å²) in [4.78, 5) is 53.5. The van der Waals surface area contributed by atoms with Crippen LogP contribution in [0.3, 0.4) is 0 Å². The molecule has 0 bridgehead atoms. The predicted octanol–water partition coefficient (Wildman–Crippen LogP) is 1.74. The van der Waals surface area contributed by atoms with Crippen LogP contribution in [0.25, 0.3) is 5.76 Å². The van der Waals surface area contributed by atoms with Crippen LogP contribution in [0.4, 0.5) is 17.1 Å². The number of non-ortho nitro benzene ring substituents is 1. The minimum Gasteiger partial charge on any atom is -0.508 e. The van der Waals surface area contributed by atoms with Crippen LogP contribution < -0.4 is 16.4 Å². The molecule has 5 atom stereocenters. The maximum atomic E-state index is 14.3. The number of benzene rings is 2. The van der Waals surface area contributed by atoms with Gasteiger partial charge in [0.05, 0.1) is 22.2 Å². The van der Waals surface area contributed by atoms with Crippen molar-refractivity contribution in [3.8, 4) is 5.75 Å². The minimum atomic E-state index is -2.77. The summed E-state index contributed by atoms with van der Waals surface area (Å²) in [6.07, 6.45) is -0.0708. The van der Waals surface area contributed by atoms with Crippen LogP contribution in [0.2, 0.25) is 0 Å². The number of Topliss-reactive ketones (excluding diaryl/α,β-unsaturated/α-hetero) is 2. The Morgan fingerprint density at radius 2 is 1.63 bits per heavy atom. The number of nitrogens with two attached hydrogens (primary N) is 1. The number of phenols is 1. The van der Waals surface area contributed by atoms with Gasteiger partial charge in [0.2, 0.25) is 5.78 Å². The number of rotatable bonds is 6. The Balaban J connectivity index is 1.60. The molecular formula is C30H32N6O9S. The number of nitrogens with zero attached hydrogens (tertiary/aromatic N) is 3. The second-order valence-corrected chi connectivity index (χ2v) is 12.3. The SMILES string of the molecule is CN(C)C1c2ccc(NC(=S)Nc3ccc([N+](=O)[O-])cc3)c(O)c2C(O)=C2C(=O)[C@]3(O)C(O)=C(C(N)=O)C(=O)[C@@H](N(C)C)C3CC21. The smallest absolute Gasteiger partial charge is 0.269 e. The quantitative estimate of drug-likeness (QED) is 0.0775. The maximum Gasteiger partial charge on any atom is 0.269 e. The largest absolute Gasteiger partial charge is 0.508 e. The number of thiocarbonyl (C=S) groups is 1. The number of nitrogens with one attached hydrogen (secondary N) is 2. The normalized spacial score (nSPS) is 25.6. The standard InChI is InChI=1S/C30H32N6O9S/c1-34(2)21-14-9-10-17(33-29(46)32-12-5-7-13(8-6-12)36(44)45)23(37)18(14)24(38)19-15(21)11-16-22(35(3)4)25(39)20(28(31)42)27(41)30(16,43)26(19)40/h5-10,15-16,21-22,37-38,41,43H,11H2,1-4H3,(H2,31,42)(H2,32,33,46)/t15?,16?,21?,22-,30-/m0/s1. The number of hydrogen-bond donors (Lipinski definition) is 7. The Bertz CT molecular complexity index is 1770. The van der Waals surface area contributed by atoms with Crippen molar-refractivity contribution >= 4 is 57.6 Å². The molecular weight excluding hydrogens is 620 g/mol. The molecule has 0 radical (unpaired) electrons. The van der Waals surface area contributed by atoms with E-state index in [1.807, 2.05) is 0 Å². The number of aliphatic hydroxyl groups is 3. The third kappa shape index (κ3) is 4.86. The lowest BCUT2D eigenvalue weighted by Crippen LogP contribution is -2.66. The summed E-state index contributed by atoms with van der Waals surface area (Å²) < 4.78 is 0. The first-order valence-corrected chi connectivity index (χ1v) is 14.4. The van der Waals surface area contributed by atoms with Crippen molar-refractivity contribution in [2.75, 3.05) is 38.8 Å². The van der Waals surface area contributed by atoms with E-state index in [1.165, 1.54) is 49.3 Å². The zero-order valence-electron chi connectivity index (χ0n) is 25.1. The van der Waals surface area contributed by atoms with Gasteiger partial charge in [-0.05, 0) is 70.6 Å². The van der Waals surface area contributed by atoms with Gasteiger partial charge in [0.15, 0.2) is 16.5 Å². The lowest BCUT2D eigenvalue weighted by Gasteiger charge is -2.52. The number of phenolic OH excluding ortho intramolecular Hbond substituents is 1. The van der Waals surface area contributed by atoms with Crippen LogP contribution >= 0.6 is 12.2 Å². The number of primary amides is 1. The number of nitro groups is 1. The number of anilines is 2. The predicted molar refractivity (Wildman–Crippen MR) is 170 cm³/mol. The minimum absolute atomic E-state index is 0.00405. The number of likely N-dealkylation sites (N-methyl/N-ethyl adjacent to an activating group) is 1. The Morgan fingerprint density at radius 1 is 1.02 bits per heavy atom. The molecule has 1 amide bonds. The molecule has 15 nitrogen and oxygen atoms in total. The van der Waals surface area contributed by atoms with Gasteiger partial charge < -0.3 is 41.7 Å². The van der Waals surface area contributed by atoms with E-state index in [4.69, 9.17) is 18.0 Å². The van der Waals surface area contributed by atoms with Crippen molar-refractivity contribution in [3.05, 3.63) is 74.5 Å². The number of aromatic hydroxyl groups is 1. The number of aliphatic hydroxyl groups excluding tert-OH is 2. The van der Waals surface area contributed by atoms with E-state index in [0.29, 0.717) is 11.3 Å². The fraction of sp³-hybridized carbons (Fsp3) is 0.333. The molecule has 0 aliphatic heterocycles. The van der Waals surface area contributed by atoms with Gasteiger partial charge in [-0.15, -0.1) is 0 Å². The van der Waals surface area contributed by atoms with Crippen LogP contribution in [-0.4, -0.2) is 97.6 Å². The highest BCUT2D eigenvalue weighted by atomic mass is 32.1. The molecule has 242 valence electrons. The van der Waals surface area contributed by atoms with Crippen LogP contribution in [0, 0.1) is 22.0 Å². The molecule has 0 saturated heterocycles. The Hall–Kier alpha value is -4.90. The molecule has 2 aromatic carbocycles. The number of hydrogen-bond acceptors (Lipinski definition) is 12. The summed E-state index contributed by atoms with van der Waals surface area (Å²) >= 11 is 5.35. The second-order valence-electron chi connectivity index (χ2n) is 11.9. The fourth-order valence-electron chi connectivity index (χ4n) is 6.93. The first kappa shape index (κ1) is 32.5. The van der Waals surface area contributed by atoms with Gasteiger partial charge in [0.1, 0.15) is 22.8 Å². The van der Waals surface area contributed by atoms with Gasteiger partial charge in [-0.2, -0.15) is 0 Å². The first-order chi connectivity index (χ1) is 21.5. The van der Waals surface area contributed by atoms with Crippen LogP contribution in [0.15, 0.2) is 53.3 Å². The summed E-state index contributed by atoms with van der Waals surface area (Å²) in [5.41, 5.74) is 2.08. The van der Waals surface area contributed by atoms with E-state index < -0.39 is 74.8 Å². The van der Waals surface area contributed by atoms with Gasteiger partial charge in [0.25, 0.3) is 11.6 Å².